The zero-order valence-corrected chi connectivity index (χ0v) is 18.8. The second kappa shape index (κ2) is 13.8. The molecule has 0 aromatic heterocycles. The predicted molar refractivity (Wildman–Crippen MR) is 124 cm³/mol. The third kappa shape index (κ3) is 8.94. The summed E-state index contributed by atoms with van der Waals surface area (Å²) in [6.07, 6.45) is 0. The van der Waals surface area contributed by atoms with Crippen LogP contribution in [-0.4, -0.2) is 79.3 Å². The van der Waals surface area contributed by atoms with Crippen molar-refractivity contribution < 1.29 is 19.4 Å². The van der Waals surface area contributed by atoms with Crippen LogP contribution < -0.4 is 11.5 Å². The van der Waals surface area contributed by atoms with Crippen molar-refractivity contribution in [2.75, 3.05) is 52.5 Å². The lowest BCUT2D eigenvalue weighted by Crippen LogP contribution is -2.48. The molecule has 0 radical (unpaired) electrons. The van der Waals surface area contributed by atoms with Gasteiger partial charge >= 0.3 is 5.97 Å². The number of nitrogens with two attached hydrogens (primary N) is 2. The molecule has 2 aromatic carbocycles. The molecule has 174 valence electrons. The Morgan fingerprint density at radius 3 is 2.09 bits per heavy atom. The van der Waals surface area contributed by atoms with Gasteiger partial charge in [0.15, 0.2) is 0 Å². The minimum Gasteiger partial charge on any atom is -0.480 e. The Labute approximate surface area is 193 Å². The normalized spacial score (nSPS) is 15.4. The molecular weight excluding hydrogens is 432 g/mol. The molecule has 8 nitrogen and oxygen atoms in total. The molecular formula is C23H31ClN4O4. The number of piperazine rings is 1. The molecule has 9 heteroatoms. The molecule has 2 aromatic rings. The first-order valence-electron chi connectivity index (χ1n) is 10.5. The molecule has 1 fully saturated rings. The number of carboxylic acids is 1. The zero-order chi connectivity index (χ0) is 23.3. The first-order chi connectivity index (χ1) is 15.4. The monoisotopic (exact) mass is 462 g/mol. The van der Waals surface area contributed by atoms with Crippen LogP contribution in [0.1, 0.15) is 17.2 Å². The fourth-order valence-electron chi connectivity index (χ4n) is 3.49. The summed E-state index contributed by atoms with van der Waals surface area (Å²) in [5.74, 6) is -1.39. The molecule has 0 aliphatic carbocycles. The van der Waals surface area contributed by atoms with Gasteiger partial charge in [0, 0.05) is 37.7 Å². The average molecular weight is 463 g/mol. The maximum atomic E-state index is 10.5. The van der Waals surface area contributed by atoms with Gasteiger partial charge in [0.1, 0.15) is 6.61 Å². The number of carboxylic acid groups (broad SMARTS) is 1. The molecule has 3 rings (SSSR count). The Kier molecular flexibility index (Phi) is 11.1. The fraction of sp³-hybridized carbons (Fsp3) is 0.391. The van der Waals surface area contributed by atoms with Crippen LogP contribution in [0.2, 0.25) is 5.02 Å². The van der Waals surface area contributed by atoms with E-state index in [1.807, 2.05) is 18.2 Å². The van der Waals surface area contributed by atoms with E-state index in [1.54, 1.807) is 0 Å². The molecule has 1 unspecified atom stereocenters. The highest BCUT2D eigenvalue weighted by atomic mass is 35.5. The van der Waals surface area contributed by atoms with Gasteiger partial charge in [0.05, 0.1) is 19.2 Å². The van der Waals surface area contributed by atoms with E-state index in [0.29, 0.717) is 6.61 Å². The quantitative estimate of drug-likeness (QED) is 0.483. The summed E-state index contributed by atoms with van der Waals surface area (Å²) in [6.45, 7) is 4.69. The van der Waals surface area contributed by atoms with E-state index in [4.69, 9.17) is 27.2 Å². The van der Waals surface area contributed by atoms with Gasteiger partial charge in [-0.2, -0.15) is 0 Å². The summed E-state index contributed by atoms with van der Waals surface area (Å²) in [7, 11) is 0. The lowest BCUT2D eigenvalue weighted by atomic mass is 9.96. The van der Waals surface area contributed by atoms with Crippen LogP contribution in [0, 0.1) is 0 Å². The summed E-state index contributed by atoms with van der Waals surface area (Å²) < 4.78 is 5.15. The highest BCUT2D eigenvalue weighted by Gasteiger charge is 2.26. The molecule has 32 heavy (non-hydrogen) atoms. The van der Waals surface area contributed by atoms with Crippen LogP contribution >= 0.6 is 11.6 Å². The van der Waals surface area contributed by atoms with Crippen LogP contribution in [0.4, 0.5) is 0 Å². The van der Waals surface area contributed by atoms with Crippen molar-refractivity contribution >= 4 is 23.5 Å². The third-order valence-electron chi connectivity index (χ3n) is 5.05. The van der Waals surface area contributed by atoms with E-state index in [1.165, 1.54) is 11.1 Å². The number of benzene rings is 2. The number of primary amides is 1. The number of rotatable bonds is 9. The number of carbonyl (C=O) groups excluding carboxylic acids is 1. The number of ether oxygens (including phenoxy) is 1. The Balaban J connectivity index is 0.000000654. The van der Waals surface area contributed by atoms with Gasteiger partial charge in [0.25, 0.3) is 0 Å². The van der Waals surface area contributed by atoms with Crippen LogP contribution in [0.5, 0.6) is 0 Å². The van der Waals surface area contributed by atoms with Gasteiger partial charge in [-0.05, 0) is 23.3 Å². The second-order valence-corrected chi connectivity index (χ2v) is 7.80. The first kappa shape index (κ1) is 25.8. The third-order valence-corrected chi connectivity index (χ3v) is 5.30. The van der Waals surface area contributed by atoms with E-state index >= 15 is 0 Å². The summed E-state index contributed by atoms with van der Waals surface area (Å²) in [5, 5.41) is 9.37. The Morgan fingerprint density at radius 1 is 1.00 bits per heavy atom. The lowest BCUT2D eigenvalue weighted by molar-refractivity contribution is -0.142. The number of amides is 1. The van der Waals surface area contributed by atoms with Crippen molar-refractivity contribution in [3.63, 3.8) is 0 Å². The molecule has 1 saturated heterocycles. The van der Waals surface area contributed by atoms with Gasteiger partial charge in [-0.15, -0.1) is 0 Å². The molecule has 0 saturated carbocycles. The minimum absolute atomic E-state index is 0.0556. The number of hydrogen-bond donors (Lipinski definition) is 3. The van der Waals surface area contributed by atoms with Crippen molar-refractivity contribution in [2.24, 2.45) is 11.5 Å². The Hall–Kier alpha value is -2.49. The van der Waals surface area contributed by atoms with Crippen molar-refractivity contribution in [3.8, 4) is 0 Å². The van der Waals surface area contributed by atoms with Crippen molar-refractivity contribution in [1.29, 1.82) is 0 Å². The molecule has 0 spiro atoms. The molecule has 0 bridgehead atoms. The van der Waals surface area contributed by atoms with Crippen LogP contribution in [0.3, 0.4) is 0 Å². The smallest absolute Gasteiger partial charge is 0.329 e. The van der Waals surface area contributed by atoms with Gasteiger partial charge in [-0.1, -0.05) is 54.1 Å². The number of aliphatic carboxylic acids is 1. The van der Waals surface area contributed by atoms with E-state index in [9.17, 15) is 9.59 Å². The first-order valence-corrected chi connectivity index (χ1v) is 10.8. The lowest BCUT2D eigenvalue weighted by Gasteiger charge is -2.39. The highest BCUT2D eigenvalue weighted by molar-refractivity contribution is 6.30. The van der Waals surface area contributed by atoms with E-state index < -0.39 is 11.9 Å². The number of hydrogen-bond acceptors (Lipinski definition) is 6. The van der Waals surface area contributed by atoms with Crippen molar-refractivity contribution in [3.05, 3.63) is 70.7 Å². The Bertz CT molecular complexity index is 828. The summed E-state index contributed by atoms with van der Waals surface area (Å²) in [6, 6.07) is 18.8. The largest absolute Gasteiger partial charge is 0.480 e. The highest BCUT2D eigenvalue weighted by Crippen LogP contribution is 2.30. The van der Waals surface area contributed by atoms with E-state index in [-0.39, 0.29) is 19.2 Å². The SMILES string of the molecule is NCC(N)=O.O=C(O)COCCN1CCN(C(c2ccccc2)c2ccc(Cl)cc2)CC1. The average Bonchev–Trinajstić information content (AvgIpc) is 2.80. The maximum Gasteiger partial charge on any atom is 0.329 e. The maximum absolute atomic E-state index is 10.5. The number of halogens is 1. The molecule has 1 amide bonds. The van der Waals surface area contributed by atoms with Crippen molar-refractivity contribution in [2.45, 2.75) is 6.04 Å². The number of carbonyl (C=O) groups is 2. The molecule has 1 aliphatic rings. The summed E-state index contributed by atoms with van der Waals surface area (Å²) in [5.41, 5.74) is 11.7. The van der Waals surface area contributed by atoms with E-state index in [2.05, 4.69) is 51.9 Å². The standard InChI is InChI=1S/C21H25ClN2O3.C2H6N2O/c22-19-8-6-18(7-9-19)21(17-4-2-1-3-5-17)24-12-10-23(11-13-24)14-15-27-16-20(25)26;3-1-2(4)5/h1-9,21H,10-16H2,(H,25,26);1,3H2,(H2,4,5). The summed E-state index contributed by atoms with van der Waals surface area (Å²) in [4.78, 5) is 24.8. The second-order valence-electron chi connectivity index (χ2n) is 7.36. The van der Waals surface area contributed by atoms with Gasteiger partial charge in [-0.3, -0.25) is 14.6 Å². The predicted octanol–water partition coefficient (Wildman–Crippen LogP) is 1.58. The minimum atomic E-state index is -0.923. The molecule has 1 aliphatic heterocycles. The van der Waals surface area contributed by atoms with Crippen LogP contribution in [0.25, 0.3) is 0 Å². The van der Waals surface area contributed by atoms with E-state index in [0.717, 1.165) is 37.7 Å². The zero-order valence-electron chi connectivity index (χ0n) is 18.0. The number of nitrogens with zero attached hydrogens (tertiary/aromatic N) is 2. The molecule has 5 N–H and O–H groups in total. The van der Waals surface area contributed by atoms with Crippen molar-refractivity contribution in [1.82, 2.24) is 9.80 Å². The Morgan fingerprint density at radius 2 is 1.56 bits per heavy atom. The summed E-state index contributed by atoms with van der Waals surface area (Å²) >= 11 is 6.08. The fourth-order valence-corrected chi connectivity index (χ4v) is 3.62. The van der Waals surface area contributed by atoms with Gasteiger partial charge < -0.3 is 21.3 Å². The topological polar surface area (TPSA) is 122 Å². The van der Waals surface area contributed by atoms with Gasteiger partial charge in [-0.25, -0.2) is 4.79 Å². The van der Waals surface area contributed by atoms with Crippen LogP contribution in [0.15, 0.2) is 54.6 Å². The van der Waals surface area contributed by atoms with Gasteiger partial charge in [0.2, 0.25) is 5.91 Å². The molecule has 1 heterocycles. The van der Waals surface area contributed by atoms with Crippen LogP contribution in [-0.2, 0) is 14.3 Å². The molecule has 1 atom stereocenters.